The maximum absolute atomic E-state index is 6.08. The van der Waals surface area contributed by atoms with Crippen LogP contribution in [-0.2, 0) is 0 Å². The van der Waals surface area contributed by atoms with Crippen molar-refractivity contribution in [2.75, 3.05) is 0 Å². The number of aromatic nitrogens is 1. The van der Waals surface area contributed by atoms with E-state index in [2.05, 4.69) is 20.9 Å². The Labute approximate surface area is 116 Å². The lowest BCUT2D eigenvalue weighted by molar-refractivity contribution is 1.11. The largest absolute Gasteiger partial charge is 0.248 e. The summed E-state index contributed by atoms with van der Waals surface area (Å²) in [6.07, 6.45) is 1.74. The molecular weight excluding hydrogens is 329 g/mol. The van der Waals surface area contributed by atoms with E-state index in [0.29, 0.717) is 10.0 Å². The SMILES string of the molecule is Clc1ccc(Cl)c(Sc2ncccc2Br)c1. The molecule has 0 unspecified atom stereocenters. The second-order valence-electron chi connectivity index (χ2n) is 2.97. The van der Waals surface area contributed by atoms with Gasteiger partial charge in [-0.15, -0.1) is 0 Å². The molecule has 0 radical (unpaired) electrons. The molecule has 0 aliphatic carbocycles. The fraction of sp³-hybridized carbons (Fsp3) is 0. The van der Waals surface area contributed by atoms with Gasteiger partial charge in [0.1, 0.15) is 5.03 Å². The maximum atomic E-state index is 6.08. The van der Waals surface area contributed by atoms with Crippen molar-refractivity contribution in [3.63, 3.8) is 0 Å². The number of benzene rings is 1. The smallest absolute Gasteiger partial charge is 0.115 e. The van der Waals surface area contributed by atoms with Gasteiger partial charge in [0.2, 0.25) is 0 Å². The quantitative estimate of drug-likeness (QED) is 0.738. The molecule has 1 aromatic heterocycles. The average Bonchev–Trinajstić information content (AvgIpc) is 2.27. The molecular formula is C11H6BrCl2NS. The van der Waals surface area contributed by atoms with Gasteiger partial charge in [-0.2, -0.15) is 0 Å². The van der Waals surface area contributed by atoms with Gasteiger partial charge >= 0.3 is 0 Å². The van der Waals surface area contributed by atoms with Gasteiger partial charge in [-0.05, 0) is 46.3 Å². The fourth-order valence-corrected chi connectivity index (χ4v) is 2.91. The van der Waals surface area contributed by atoms with Crippen LogP contribution < -0.4 is 0 Å². The van der Waals surface area contributed by atoms with Crippen molar-refractivity contribution >= 4 is 50.9 Å². The Kier molecular flexibility index (Phi) is 4.14. The van der Waals surface area contributed by atoms with Crippen LogP contribution in [0.2, 0.25) is 10.0 Å². The van der Waals surface area contributed by atoms with Crippen molar-refractivity contribution in [1.29, 1.82) is 0 Å². The van der Waals surface area contributed by atoms with Crippen molar-refractivity contribution in [3.05, 3.63) is 51.0 Å². The predicted molar refractivity (Wildman–Crippen MR) is 72.5 cm³/mol. The van der Waals surface area contributed by atoms with Crippen molar-refractivity contribution in [3.8, 4) is 0 Å². The lowest BCUT2D eigenvalue weighted by atomic mass is 10.4. The standard InChI is InChI=1S/C11H6BrCl2NS/c12-8-2-1-5-15-11(8)16-10-6-7(13)3-4-9(10)14/h1-6H. The molecule has 0 bridgehead atoms. The molecule has 0 amide bonds. The lowest BCUT2D eigenvalue weighted by Crippen LogP contribution is -1.81. The van der Waals surface area contributed by atoms with Crippen LogP contribution in [0, 0.1) is 0 Å². The van der Waals surface area contributed by atoms with E-state index >= 15 is 0 Å². The van der Waals surface area contributed by atoms with Crippen molar-refractivity contribution in [1.82, 2.24) is 4.98 Å². The second-order valence-corrected chi connectivity index (χ2v) is 5.70. The zero-order valence-electron chi connectivity index (χ0n) is 7.95. The number of halogens is 3. The van der Waals surface area contributed by atoms with E-state index in [0.717, 1.165) is 14.4 Å². The van der Waals surface area contributed by atoms with E-state index in [1.165, 1.54) is 11.8 Å². The highest BCUT2D eigenvalue weighted by Gasteiger charge is 2.07. The van der Waals surface area contributed by atoms with Crippen LogP contribution in [0.15, 0.2) is 50.9 Å². The third kappa shape index (κ3) is 2.92. The molecule has 0 aliphatic rings. The highest BCUT2D eigenvalue weighted by molar-refractivity contribution is 9.10. The van der Waals surface area contributed by atoms with E-state index < -0.39 is 0 Å². The van der Waals surface area contributed by atoms with Gasteiger partial charge in [-0.25, -0.2) is 4.98 Å². The van der Waals surface area contributed by atoms with E-state index in [1.54, 1.807) is 18.3 Å². The van der Waals surface area contributed by atoms with Gasteiger partial charge in [0.15, 0.2) is 0 Å². The monoisotopic (exact) mass is 333 g/mol. The van der Waals surface area contributed by atoms with Crippen molar-refractivity contribution < 1.29 is 0 Å². The Hall–Kier alpha value is -0.220. The Bertz CT molecular complexity index is 519. The van der Waals surface area contributed by atoms with Crippen LogP contribution >= 0.6 is 50.9 Å². The molecule has 1 aromatic carbocycles. The summed E-state index contributed by atoms with van der Waals surface area (Å²) in [5.74, 6) is 0. The Morgan fingerprint density at radius 3 is 2.75 bits per heavy atom. The van der Waals surface area contributed by atoms with Crippen LogP contribution in [0.5, 0.6) is 0 Å². The Balaban J connectivity index is 2.34. The van der Waals surface area contributed by atoms with Gasteiger partial charge in [0.25, 0.3) is 0 Å². The summed E-state index contributed by atoms with van der Waals surface area (Å²) < 4.78 is 0.941. The zero-order valence-corrected chi connectivity index (χ0v) is 11.9. The zero-order chi connectivity index (χ0) is 11.5. The molecule has 1 heterocycles. The molecule has 0 saturated carbocycles. The minimum absolute atomic E-state index is 0.666. The Morgan fingerprint density at radius 1 is 1.19 bits per heavy atom. The van der Waals surface area contributed by atoms with Crippen LogP contribution in [0.25, 0.3) is 0 Å². The summed E-state index contributed by atoms with van der Waals surface area (Å²) in [6, 6.07) is 9.18. The summed E-state index contributed by atoms with van der Waals surface area (Å²) in [5, 5.41) is 2.21. The molecule has 0 spiro atoms. The first-order chi connectivity index (χ1) is 7.66. The topological polar surface area (TPSA) is 12.9 Å². The molecule has 0 atom stereocenters. The maximum Gasteiger partial charge on any atom is 0.115 e. The normalized spacial score (nSPS) is 10.4. The summed E-state index contributed by atoms with van der Waals surface area (Å²) in [7, 11) is 0. The van der Waals surface area contributed by atoms with Gasteiger partial charge in [-0.1, -0.05) is 35.0 Å². The molecule has 0 fully saturated rings. The summed E-state index contributed by atoms with van der Waals surface area (Å²) in [4.78, 5) is 5.16. The van der Waals surface area contributed by atoms with Gasteiger partial charge in [0, 0.05) is 16.1 Å². The molecule has 1 nitrogen and oxygen atoms in total. The highest BCUT2D eigenvalue weighted by atomic mass is 79.9. The summed E-state index contributed by atoms with van der Waals surface area (Å²) >= 11 is 16.9. The van der Waals surface area contributed by atoms with Crippen molar-refractivity contribution in [2.24, 2.45) is 0 Å². The lowest BCUT2D eigenvalue weighted by Gasteiger charge is -2.05. The number of pyridine rings is 1. The first-order valence-corrected chi connectivity index (χ1v) is 6.77. The second kappa shape index (κ2) is 5.41. The molecule has 0 aliphatic heterocycles. The minimum atomic E-state index is 0.666. The number of hydrogen-bond acceptors (Lipinski definition) is 2. The molecule has 5 heteroatoms. The Morgan fingerprint density at radius 2 is 2.00 bits per heavy atom. The third-order valence-electron chi connectivity index (χ3n) is 1.82. The summed E-state index contributed by atoms with van der Waals surface area (Å²) in [6.45, 7) is 0. The average molecular weight is 335 g/mol. The van der Waals surface area contributed by atoms with Crippen LogP contribution in [0.1, 0.15) is 0 Å². The van der Waals surface area contributed by atoms with Gasteiger partial charge < -0.3 is 0 Å². The van der Waals surface area contributed by atoms with Crippen LogP contribution in [0.4, 0.5) is 0 Å². The summed E-state index contributed by atoms with van der Waals surface area (Å²) in [5.41, 5.74) is 0. The van der Waals surface area contributed by atoms with Gasteiger partial charge in [0.05, 0.1) is 9.50 Å². The van der Waals surface area contributed by atoms with E-state index in [1.807, 2.05) is 18.2 Å². The molecule has 2 aromatic rings. The molecule has 0 saturated heterocycles. The number of nitrogens with zero attached hydrogens (tertiary/aromatic N) is 1. The van der Waals surface area contributed by atoms with Gasteiger partial charge in [-0.3, -0.25) is 0 Å². The fourth-order valence-electron chi connectivity index (χ4n) is 1.11. The van der Waals surface area contributed by atoms with Crippen LogP contribution in [0.3, 0.4) is 0 Å². The van der Waals surface area contributed by atoms with Crippen molar-refractivity contribution in [2.45, 2.75) is 9.92 Å². The van der Waals surface area contributed by atoms with E-state index in [-0.39, 0.29) is 0 Å². The minimum Gasteiger partial charge on any atom is -0.248 e. The van der Waals surface area contributed by atoms with Crippen LogP contribution in [-0.4, -0.2) is 4.98 Å². The predicted octanol–water partition coefficient (Wildman–Crippen LogP) is 5.30. The molecule has 82 valence electrons. The first kappa shape index (κ1) is 12.2. The third-order valence-corrected chi connectivity index (χ3v) is 4.48. The highest BCUT2D eigenvalue weighted by Crippen LogP contribution is 2.36. The molecule has 2 rings (SSSR count). The van der Waals surface area contributed by atoms with E-state index in [4.69, 9.17) is 23.2 Å². The number of hydrogen-bond donors (Lipinski definition) is 0. The van der Waals surface area contributed by atoms with E-state index in [9.17, 15) is 0 Å². The number of rotatable bonds is 2. The first-order valence-electron chi connectivity index (χ1n) is 4.40. The molecule has 0 N–H and O–H groups in total. The molecule has 16 heavy (non-hydrogen) atoms.